The number of hydrogen-bond donors (Lipinski definition) is 2. The summed E-state index contributed by atoms with van der Waals surface area (Å²) in [6.07, 6.45) is 3.19. The first-order valence-electron chi connectivity index (χ1n) is 11.6. The van der Waals surface area contributed by atoms with Gasteiger partial charge in [0.15, 0.2) is 11.5 Å². The summed E-state index contributed by atoms with van der Waals surface area (Å²) in [7, 11) is 3.16. The molecule has 0 bridgehead atoms. The molecule has 3 aromatic rings. The molecule has 1 aliphatic rings. The number of hydrogen-bond acceptors (Lipinski definition) is 8. The third kappa shape index (κ3) is 5.06. The molecule has 2 aromatic carbocycles. The van der Waals surface area contributed by atoms with Gasteiger partial charge in [-0.05, 0) is 53.6 Å². The number of nitrogens with zero attached hydrogens (tertiary/aromatic N) is 4. The van der Waals surface area contributed by atoms with Gasteiger partial charge in [0.1, 0.15) is 11.8 Å². The van der Waals surface area contributed by atoms with Crippen LogP contribution in [0.2, 0.25) is 0 Å². The van der Waals surface area contributed by atoms with Gasteiger partial charge in [0, 0.05) is 5.70 Å². The number of para-hydroxylation sites is 2. The molecule has 1 amide bonds. The number of aromatic nitrogens is 4. The minimum atomic E-state index is -0.584. The number of carbonyl (C=O) groups excluding carboxylic acids is 1. The van der Waals surface area contributed by atoms with Crippen LogP contribution in [-0.4, -0.2) is 46.9 Å². The first-order chi connectivity index (χ1) is 17.1. The van der Waals surface area contributed by atoms with Gasteiger partial charge in [-0.3, -0.25) is 4.79 Å². The predicted molar refractivity (Wildman–Crippen MR) is 132 cm³/mol. The lowest BCUT2D eigenvalue weighted by Crippen LogP contribution is -2.31. The van der Waals surface area contributed by atoms with E-state index in [4.69, 9.17) is 14.2 Å². The van der Waals surface area contributed by atoms with Crippen molar-refractivity contribution in [3.8, 4) is 17.2 Å². The number of tetrazole rings is 1. The van der Waals surface area contributed by atoms with Gasteiger partial charge in [0.05, 0.1) is 32.1 Å². The molecular formula is C25H30N6O4. The first-order valence-corrected chi connectivity index (χ1v) is 11.6. The summed E-state index contributed by atoms with van der Waals surface area (Å²) in [5.74, 6) is 1.94. The Morgan fingerprint density at radius 1 is 1.09 bits per heavy atom. The lowest BCUT2D eigenvalue weighted by atomic mass is 9.94. The number of nitrogens with one attached hydrogen (secondary N) is 2. The first kappa shape index (κ1) is 24.1. The maximum absolute atomic E-state index is 13.6. The van der Waals surface area contributed by atoms with E-state index in [1.54, 1.807) is 31.0 Å². The van der Waals surface area contributed by atoms with Gasteiger partial charge in [0.2, 0.25) is 5.95 Å². The maximum Gasteiger partial charge on any atom is 0.255 e. The molecule has 1 aromatic heterocycles. The standard InChI is InChI=1S/C25H30N6O4/c1-5-6-9-14-35-20-13-12-17(15-21(20)34-4)23-22(16(2)26-25-28-29-30-31(23)25)24(32)27-18-10-7-8-11-19(18)33-3/h7-8,10-13,15,23H,5-6,9,14H2,1-4H3,(H,27,32)(H,26,28,30)/t23-/m0/s1. The number of amides is 1. The minimum absolute atomic E-state index is 0.301. The van der Waals surface area contributed by atoms with Crippen molar-refractivity contribution in [2.24, 2.45) is 0 Å². The Hall–Kier alpha value is -4.08. The molecule has 184 valence electrons. The SMILES string of the molecule is CCCCCOc1ccc([C@H]2C(C(=O)Nc3ccccc3OC)=C(C)Nc3nnnn32)cc1OC. The second-order valence-electron chi connectivity index (χ2n) is 8.13. The summed E-state index contributed by atoms with van der Waals surface area (Å²) >= 11 is 0. The van der Waals surface area contributed by atoms with E-state index in [0.29, 0.717) is 46.8 Å². The number of benzene rings is 2. The fourth-order valence-corrected chi connectivity index (χ4v) is 4.06. The molecule has 0 radical (unpaired) electrons. The third-order valence-corrected chi connectivity index (χ3v) is 5.82. The Morgan fingerprint density at radius 3 is 2.66 bits per heavy atom. The summed E-state index contributed by atoms with van der Waals surface area (Å²) in [4.78, 5) is 13.6. The van der Waals surface area contributed by atoms with Gasteiger partial charge >= 0.3 is 0 Å². The number of fused-ring (bicyclic) bond motifs is 1. The maximum atomic E-state index is 13.6. The Labute approximate surface area is 204 Å². The van der Waals surface area contributed by atoms with E-state index in [2.05, 4.69) is 33.1 Å². The minimum Gasteiger partial charge on any atom is -0.495 e. The number of allylic oxidation sites excluding steroid dienone is 1. The van der Waals surface area contributed by atoms with Crippen molar-refractivity contribution in [3.63, 3.8) is 0 Å². The molecule has 0 saturated carbocycles. The number of unbranched alkanes of at least 4 members (excludes halogenated alkanes) is 2. The van der Waals surface area contributed by atoms with Crippen molar-refractivity contribution < 1.29 is 19.0 Å². The van der Waals surface area contributed by atoms with E-state index in [0.717, 1.165) is 24.8 Å². The van der Waals surface area contributed by atoms with E-state index in [1.165, 1.54) is 0 Å². The van der Waals surface area contributed by atoms with E-state index in [-0.39, 0.29) is 5.91 Å². The van der Waals surface area contributed by atoms with E-state index < -0.39 is 6.04 Å². The summed E-state index contributed by atoms with van der Waals surface area (Å²) in [6.45, 7) is 4.59. The molecule has 0 unspecified atom stereocenters. The Morgan fingerprint density at radius 2 is 1.89 bits per heavy atom. The average Bonchev–Trinajstić information content (AvgIpc) is 3.34. The molecule has 4 rings (SSSR count). The highest BCUT2D eigenvalue weighted by Crippen LogP contribution is 2.39. The second-order valence-corrected chi connectivity index (χ2v) is 8.13. The number of carbonyl (C=O) groups is 1. The van der Waals surface area contributed by atoms with Crippen molar-refractivity contribution in [3.05, 3.63) is 59.3 Å². The second kappa shape index (κ2) is 10.9. The van der Waals surface area contributed by atoms with Crippen molar-refractivity contribution in [1.29, 1.82) is 0 Å². The molecule has 10 nitrogen and oxygen atoms in total. The fraction of sp³-hybridized carbons (Fsp3) is 0.360. The smallest absolute Gasteiger partial charge is 0.255 e. The van der Waals surface area contributed by atoms with E-state index >= 15 is 0 Å². The van der Waals surface area contributed by atoms with Crippen LogP contribution in [0.15, 0.2) is 53.7 Å². The molecule has 1 aliphatic heterocycles. The summed E-state index contributed by atoms with van der Waals surface area (Å²) in [5.41, 5.74) is 2.45. The summed E-state index contributed by atoms with van der Waals surface area (Å²) in [5, 5.41) is 18.1. The van der Waals surface area contributed by atoms with Gasteiger partial charge in [0.25, 0.3) is 5.91 Å². The molecule has 0 aliphatic carbocycles. The van der Waals surface area contributed by atoms with Crippen molar-refractivity contribution in [2.45, 2.75) is 39.2 Å². The highest BCUT2D eigenvalue weighted by molar-refractivity contribution is 6.06. The zero-order valence-corrected chi connectivity index (χ0v) is 20.4. The van der Waals surface area contributed by atoms with Gasteiger partial charge in [-0.15, -0.1) is 0 Å². The quantitative estimate of drug-likeness (QED) is 0.417. The summed E-state index contributed by atoms with van der Waals surface area (Å²) in [6, 6.07) is 12.3. The molecule has 0 saturated heterocycles. The molecule has 35 heavy (non-hydrogen) atoms. The van der Waals surface area contributed by atoms with Crippen LogP contribution in [0.3, 0.4) is 0 Å². The van der Waals surface area contributed by atoms with E-state index in [1.807, 2.05) is 37.3 Å². The van der Waals surface area contributed by atoms with Crippen molar-refractivity contribution in [2.75, 3.05) is 31.5 Å². The number of methoxy groups -OCH3 is 2. The number of anilines is 2. The van der Waals surface area contributed by atoms with Crippen LogP contribution in [-0.2, 0) is 4.79 Å². The van der Waals surface area contributed by atoms with Crippen LogP contribution in [0.4, 0.5) is 11.6 Å². The largest absolute Gasteiger partial charge is 0.495 e. The molecule has 2 N–H and O–H groups in total. The average molecular weight is 479 g/mol. The van der Waals surface area contributed by atoms with Crippen LogP contribution in [0.25, 0.3) is 0 Å². The van der Waals surface area contributed by atoms with Crippen LogP contribution in [0.1, 0.15) is 44.7 Å². The lowest BCUT2D eigenvalue weighted by molar-refractivity contribution is -0.113. The Kier molecular flexibility index (Phi) is 7.49. The van der Waals surface area contributed by atoms with E-state index in [9.17, 15) is 4.79 Å². The molecule has 2 heterocycles. The molecule has 0 fully saturated rings. The monoisotopic (exact) mass is 478 g/mol. The fourth-order valence-electron chi connectivity index (χ4n) is 4.06. The van der Waals surface area contributed by atoms with Gasteiger partial charge in [-0.25, -0.2) is 0 Å². The highest BCUT2D eigenvalue weighted by Gasteiger charge is 2.34. The normalized spacial score (nSPS) is 14.7. The highest BCUT2D eigenvalue weighted by atomic mass is 16.5. The van der Waals surface area contributed by atoms with Crippen molar-refractivity contribution in [1.82, 2.24) is 20.2 Å². The van der Waals surface area contributed by atoms with Crippen LogP contribution < -0.4 is 24.8 Å². The van der Waals surface area contributed by atoms with Gasteiger partial charge < -0.3 is 24.8 Å². The Bertz CT molecular complexity index is 1220. The molecular weight excluding hydrogens is 448 g/mol. The lowest BCUT2D eigenvalue weighted by Gasteiger charge is -2.28. The van der Waals surface area contributed by atoms with Crippen LogP contribution in [0.5, 0.6) is 17.2 Å². The predicted octanol–water partition coefficient (Wildman–Crippen LogP) is 4.19. The topological polar surface area (TPSA) is 112 Å². The van der Waals surface area contributed by atoms with Crippen molar-refractivity contribution >= 4 is 17.5 Å². The molecule has 10 heteroatoms. The van der Waals surface area contributed by atoms with Crippen LogP contribution in [0, 0.1) is 0 Å². The Balaban J connectivity index is 1.69. The summed E-state index contributed by atoms with van der Waals surface area (Å²) < 4.78 is 18.5. The van der Waals surface area contributed by atoms with Gasteiger partial charge in [-0.1, -0.05) is 43.1 Å². The van der Waals surface area contributed by atoms with Crippen LogP contribution >= 0.6 is 0 Å². The zero-order valence-electron chi connectivity index (χ0n) is 20.4. The molecule has 1 atom stereocenters. The number of ether oxygens (including phenoxy) is 3. The van der Waals surface area contributed by atoms with Gasteiger partial charge in [-0.2, -0.15) is 4.68 Å². The zero-order chi connectivity index (χ0) is 24.8. The number of rotatable bonds is 10. The molecule has 0 spiro atoms. The third-order valence-electron chi connectivity index (χ3n) is 5.82.